The number of hydrogen-bond acceptors (Lipinski definition) is 4. The first-order chi connectivity index (χ1) is 9.85. The fourth-order valence-corrected chi connectivity index (χ4v) is 3.77. The Balaban J connectivity index is 1.65. The Morgan fingerprint density at radius 2 is 2.05 bits per heavy atom. The lowest BCUT2D eigenvalue weighted by Gasteiger charge is -2.15. The third-order valence-electron chi connectivity index (χ3n) is 3.70. The van der Waals surface area contributed by atoms with Crippen LogP contribution in [-0.4, -0.2) is 18.8 Å². The van der Waals surface area contributed by atoms with Gasteiger partial charge in [-0.25, -0.2) is 0 Å². The van der Waals surface area contributed by atoms with Crippen molar-refractivity contribution in [3.8, 4) is 5.75 Å². The highest BCUT2D eigenvalue weighted by Gasteiger charge is 2.34. The number of nitrogens with zero attached hydrogens (tertiary/aromatic N) is 2. The van der Waals surface area contributed by atoms with Crippen LogP contribution in [-0.2, 0) is 0 Å². The van der Waals surface area contributed by atoms with Crippen LogP contribution in [0.4, 0.5) is 5.69 Å². The number of amidine groups is 1. The third-order valence-corrected chi connectivity index (χ3v) is 4.75. The molecule has 1 atom stereocenters. The predicted octanol–water partition coefficient (Wildman–Crippen LogP) is 3.72. The Morgan fingerprint density at radius 3 is 2.85 bits per heavy atom. The SMILES string of the molecule is COc1ccc2c(c1)SC1=N[C@H](c3ccccc3)CN12. The van der Waals surface area contributed by atoms with E-state index in [1.54, 1.807) is 18.9 Å². The minimum absolute atomic E-state index is 0.244. The highest BCUT2D eigenvalue weighted by molar-refractivity contribution is 8.14. The van der Waals surface area contributed by atoms with Crippen LogP contribution in [0.3, 0.4) is 0 Å². The number of ether oxygens (including phenoxy) is 1. The molecular formula is C16H14N2OS. The zero-order valence-electron chi connectivity index (χ0n) is 11.1. The minimum atomic E-state index is 0.244. The predicted molar refractivity (Wildman–Crippen MR) is 82.8 cm³/mol. The van der Waals surface area contributed by atoms with Gasteiger partial charge in [-0.3, -0.25) is 4.99 Å². The standard InChI is InChI=1S/C16H14N2OS/c1-19-12-7-8-14-15(9-12)20-16-17-13(10-18(14)16)11-5-3-2-4-6-11/h2-9,13H,10H2,1H3/t13-/m0/s1. The Hall–Kier alpha value is -1.94. The van der Waals surface area contributed by atoms with Gasteiger partial charge in [0.25, 0.3) is 0 Å². The maximum Gasteiger partial charge on any atom is 0.169 e. The Bertz CT molecular complexity index is 684. The zero-order chi connectivity index (χ0) is 13.5. The van der Waals surface area contributed by atoms with Gasteiger partial charge in [0.2, 0.25) is 0 Å². The molecule has 3 nitrogen and oxygen atoms in total. The molecule has 0 aromatic heterocycles. The fraction of sp³-hybridized carbons (Fsp3) is 0.188. The van der Waals surface area contributed by atoms with Crippen molar-refractivity contribution < 1.29 is 4.74 Å². The summed E-state index contributed by atoms with van der Waals surface area (Å²) in [6, 6.07) is 17.0. The van der Waals surface area contributed by atoms with E-state index in [0.29, 0.717) is 0 Å². The maximum absolute atomic E-state index is 5.28. The number of hydrogen-bond donors (Lipinski definition) is 0. The van der Waals surface area contributed by atoms with E-state index in [2.05, 4.69) is 41.3 Å². The summed E-state index contributed by atoms with van der Waals surface area (Å²) in [7, 11) is 1.70. The number of methoxy groups -OCH3 is 1. The van der Waals surface area contributed by atoms with Gasteiger partial charge in [-0.2, -0.15) is 0 Å². The molecule has 2 aliphatic rings. The van der Waals surface area contributed by atoms with Gasteiger partial charge >= 0.3 is 0 Å². The molecule has 2 aliphatic heterocycles. The fourth-order valence-electron chi connectivity index (χ4n) is 2.66. The summed E-state index contributed by atoms with van der Waals surface area (Å²) in [5.74, 6) is 0.901. The van der Waals surface area contributed by atoms with Crippen molar-refractivity contribution in [3.63, 3.8) is 0 Å². The summed E-state index contributed by atoms with van der Waals surface area (Å²) in [6.45, 7) is 0.922. The molecule has 20 heavy (non-hydrogen) atoms. The number of aliphatic imine (C=N–C) groups is 1. The Morgan fingerprint density at radius 1 is 1.20 bits per heavy atom. The van der Waals surface area contributed by atoms with Gasteiger partial charge in [-0.05, 0) is 35.5 Å². The highest BCUT2D eigenvalue weighted by atomic mass is 32.2. The average Bonchev–Trinajstić information content (AvgIpc) is 3.05. The van der Waals surface area contributed by atoms with Crippen LogP contribution in [0.1, 0.15) is 11.6 Å². The van der Waals surface area contributed by atoms with Gasteiger partial charge in [-0.1, -0.05) is 30.3 Å². The van der Waals surface area contributed by atoms with Crippen molar-refractivity contribution in [2.75, 3.05) is 18.6 Å². The molecular weight excluding hydrogens is 268 g/mol. The van der Waals surface area contributed by atoms with E-state index in [0.717, 1.165) is 17.5 Å². The molecule has 2 aromatic rings. The lowest BCUT2D eigenvalue weighted by atomic mass is 10.1. The summed E-state index contributed by atoms with van der Waals surface area (Å²) < 4.78 is 5.28. The van der Waals surface area contributed by atoms with E-state index in [4.69, 9.17) is 9.73 Å². The second kappa shape index (κ2) is 4.56. The topological polar surface area (TPSA) is 24.8 Å². The van der Waals surface area contributed by atoms with E-state index in [1.165, 1.54) is 16.1 Å². The first-order valence-corrected chi connectivity index (χ1v) is 7.43. The average molecular weight is 282 g/mol. The summed E-state index contributed by atoms with van der Waals surface area (Å²) in [4.78, 5) is 8.39. The highest BCUT2D eigenvalue weighted by Crippen LogP contribution is 2.46. The van der Waals surface area contributed by atoms with E-state index in [1.807, 2.05) is 12.1 Å². The number of anilines is 1. The van der Waals surface area contributed by atoms with Crippen molar-refractivity contribution >= 4 is 22.6 Å². The van der Waals surface area contributed by atoms with E-state index in [-0.39, 0.29) is 6.04 Å². The zero-order valence-corrected chi connectivity index (χ0v) is 11.9. The van der Waals surface area contributed by atoms with E-state index in [9.17, 15) is 0 Å². The normalized spacial score (nSPS) is 19.6. The lowest BCUT2D eigenvalue weighted by molar-refractivity contribution is 0.414. The van der Waals surface area contributed by atoms with Gasteiger partial charge in [0.1, 0.15) is 5.75 Å². The first-order valence-electron chi connectivity index (χ1n) is 6.61. The van der Waals surface area contributed by atoms with Crippen molar-refractivity contribution in [2.24, 2.45) is 4.99 Å². The van der Waals surface area contributed by atoms with Crippen LogP contribution in [0.25, 0.3) is 0 Å². The molecule has 0 saturated carbocycles. The van der Waals surface area contributed by atoms with Crippen LogP contribution < -0.4 is 9.64 Å². The molecule has 0 radical (unpaired) electrons. The quantitative estimate of drug-likeness (QED) is 0.839. The Kier molecular flexibility index (Phi) is 2.70. The van der Waals surface area contributed by atoms with Crippen molar-refractivity contribution in [2.45, 2.75) is 10.9 Å². The maximum atomic E-state index is 5.28. The molecule has 0 unspecified atom stereocenters. The molecule has 4 heteroatoms. The van der Waals surface area contributed by atoms with Gasteiger partial charge in [0, 0.05) is 4.90 Å². The molecule has 0 N–H and O–H groups in total. The van der Waals surface area contributed by atoms with Crippen LogP contribution in [0.5, 0.6) is 5.75 Å². The van der Waals surface area contributed by atoms with Gasteiger partial charge in [0.05, 0.1) is 25.4 Å². The van der Waals surface area contributed by atoms with Gasteiger partial charge < -0.3 is 9.64 Å². The molecule has 0 bridgehead atoms. The molecule has 0 saturated heterocycles. The summed E-state index contributed by atoms with van der Waals surface area (Å²) in [5.41, 5.74) is 2.53. The monoisotopic (exact) mass is 282 g/mol. The van der Waals surface area contributed by atoms with Crippen LogP contribution in [0, 0.1) is 0 Å². The molecule has 4 rings (SSSR count). The van der Waals surface area contributed by atoms with Crippen LogP contribution >= 0.6 is 11.8 Å². The van der Waals surface area contributed by atoms with Crippen molar-refractivity contribution in [1.29, 1.82) is 0 Å². The molecule has 2 aromatic carbocycles. The second-order valence-corrected chi connectivity index (χ2v) is 5.89. The number of thioether (sulfide) groups is 1. The smallest absolute Gasteiger partial charge is 0.169 e. The molecule has 2 heterocycles. The van der Waals surface area contributed by atoms with Crippen LogP contribution in [0.2, 0.25) is 0 Å². The molecule has 100 valence electrons. The summed E-state index contributed by atoms with van der Waals surface area (Å²) in [5, 5.41) is 1.10. The van der Waals surface area contributed by atoms with Crippen molar-refractivity contribution in [3.05, 3.63) is 54.1 Å². The number of rotatable bonds is 2. The summed E-state index contributed by atoms with van der Waals surface area (Å²) >= 11 is 1.73. The molecule has 0 aliphatic carbocycles. The van der Waals surface area contributed by atoms with Gasteiger partial charge in [0.15, 0.2) is 5.17 Å². The first kappa shape index (κ1) is 11.9. The minimum Gasteiger partial charge on any atom is -0.497 e. The number of fused-ring (bicyclic) bond motifs is 3. The van der Waals surface area contributed by atoms with Crippen molar-refractivity contribution in [1.82, 2.24) is 0 Å². The molecule has 0 spiro atoms. The van der Waals surface area contributed by atoms with Gasteiger partial charge in [-0.15, -0.1) is 0 Å². The molecule has 0 amide bonds. The lowest BCUT2D eigenvalue weighted by Crippen LogP contribution is -2.21. The number of benzene rings is 2. The van der Waals surface area contributed by atoms with Crippen LogP contribution in [0.15, 0.2) is 58.4 Å². The third kappa shape index (κ3) is 1.79. The summed E-state index contributed by atoms with van der Waals surface area (Å²) in [6.07, 6.45) is 0. The van der Waals surface area contributed by atoms with E-state index >= 15 is 0 Å². The molecule has 0 fully saturated rings. The second-order valence-electron chi connectivity index (χ2n) is 4.88. The largest absolute Gasteiger partial charge is 0.497 e. The Labute approximate surface area is 122 Å². The van der Waals surface area contributed by atoms with E-state index < -0.39 is 0 Å².